The molecule has 0 aromatic carbocycles. The van der Waals surface area contributed by atoms with Crippen LogP contribution < -0.4 is 10.2 Å². The first-order chi connectivity index (χ1) is 8.97. The molecule has 0 radical (unpaired) electrons. The van der Waals surface area contributed by atoms with Crippen LogP contribution in [0.25, 0.3) is 0 Å². The molecule has 0 bridgehead atoms. The standard InChI is InChI=1S/C11H18N4O2S2/c1-12-11(8(16)17)5-4-7(6-11)18-10-14-13-9(19-10)15(2)3/h7,12H,4-6H2,1-3H3,(H,16,17). The molecule has 0 aliphatic heterocycles. The minimum Gasteiger partial charge on any atom is -0.480 e. The van der Waals surface area contributed by atoms with Crippen LogP contribution in [0.2, 0.25) is 0 Å². The molecule has 2 atom stereocenters. The average Bonchev–Trinajstić information content (AvgIpc) is 2.97. The van der Waals surface area contributed by atoms with Gasteiger partial charge in [0.05, 0.1) is 0 Å². The summed E-state index contributed by atoms with van der Waals surface area (Å²) in [5.74, 6) is -0.760. The van der Waals surface area contributed by atoms with Crippen molar-refractivity contribution in [1.29, 1.82) is 0 Å². The third-order valence-electron chi connectivity index (χ3n) is 3.40. The van der Waals surface area contributed by atoms with Crippen molar-refractivity contribution in [3.63, 3.8) is 0 Å². The van der Waals surface area contributed by atoms with Crippen molar-refractivity contribution < 1.29 is 9.90 Å². The second-order valence-corrected chi connectivity index (χ2v) is 7.37. The number of nitrogens with zero attached hydrogens (tertiary/aromatic N) is 3. The van der Waals surface area contributed by atoms with Gasteiger partial charge in [0.15, 0.2) is 4.34 Å². The molecule has 0 saturated heterocycles. The molecule has 2 N–H and O–H groups in total. The number of anilines is 1. The predicted octanol–water partition coefficient (Wildman–Crippen LogP) is 1.29. The molecular weight excluding hydrogens is 284 g/mol. The Hall–Kier alpha value is -0.860. The summed E-state index contributed by atoms with van der Waals surface area (Å²) < 4.78 is 0.908. The first kappa shape index (κ1) is 14.5. The lowest BCUT2D eigenvalue weighted by Crippen LogP contribution is -2.48. The summed E-state index contributed by atoms with van der Waals surface area (Å²) in [5, 5.41) is 21.7. The highest BCUT2D eigenvalue weighted by Gasteiger charge is 2.44. The highest BCUT2D eigenvalue weighted by atomic mass is 32.2. The maximum absolute atomic E-state index is 11.3. The van der Waals surface area contributed by atoms with E-state index in [4.69, 9.17) is 0 Å². The van der Waals surface area contributed by atoms with Gasteiger partial charge in [-0.3, -0.25) is 4.79 Å². The van der Waals surface area contributed by atoms with Gasteiger partial charge in [0.2, 0.25) is 5.13 Å². The van der Waals surface area contributed by atoms with E-state index >= 15 is 0 Å². The topological polar surface area (TPSA) is 78.3 Å². The third-order valence-corrected chi connectivity index (χ3v) is 5.85. The molecule has 1 aliphatic carbocycles. The number of hydrogen-bond acceptors (Lipinski definition) is 7. The minimum atomic E-state index is -0.771. The molecule has 0 spiro atoms. The molecule has 1 saturated carbocycles. The molecule has 8 heteroatoms. The molecule has 2 rings (SSSR count). The lowest BCUT2D eigenvalue weighted by molar-refractivity contribution is -0.144. The molecule has 1 fully saturated rings. The van der Waals surface area contributed by atoms with Gasteiger partial charge in [-0.25, -0.2) is 0 Å². The van der Waals surface area contributed by atoms with Crippen molar-refractivity contribution >= 4 is 34.2 Å². The van der Waals surface area contributed by atoms with Crippen molar-refractivity contribution in [1.82, 2.24) is 15.5 Å². The number of nitrogens with one attached hydrogen (secondary N) is 1. The molecule has 1 aromatic heterocycles. The first-order valence-corrected chi connectivity index (χ1v) is 7.76. The van der Waals surface area contributed by atoms with Gasteiger partial charge in [-0.2, -0.15) is 0 Å². The maximum atomic E-state index is 11.3. The summed E-state index contributed by atoms with van der Waals surface area (Å²) in [5.41, 5.74) is -0.771. The summed E-state index contributed by atoms with van der Waals surface area (Å²) in [6, 6.07) is 0. The number of aromatic nitrogens is 2. The SMILES string of the molecule is CNC1(C(=O)O)CCC(Sc2nnc(N(C)C)s2)C1. The Bertz CT molecular complexity index is 465. The Kier molecular flexibility index (Phi) is 4.32. The average molecular weight is 302 g/mol. The van der Waals surface area contributed by atoms with Gasteiger partial charge in [0.1, 0.15) is 5.54 Å². The zero-order chi connectivity index (χ0) is 14.0. The van der Waals surface area contributed by atoms with Crippen molar-refractivity contribution in [2.24, 2.45) is 0 Å². The van der Waals surface area contributed by atoms with Crippen LogP contribution in [-0.4, -0.2) is 53.2 Å². The van der Waals surface area contributed by atoms with E-state index in [0.717, 1.165) is 15.9 Å². The molecule has 19 heavy (non-hydrogen) atoms. The molecule has 1 aromatic rings. The number of rotatable bonds is 5. The Morgan fingerprint density at radius 1 is 1.58 bits per heavy atom. The monoisotopic (exact) mass is 302 g/mol. The van der Waals surface area contributed by atoms with Crippen LogP contribution in [0.3, 0.4) is 0 Å². The summed E-state index contributed by atoms with van der Waals surface area (Å²) in [4.78, 5) is 13.3. The van der Waals surface area contributed by atoms with E-state index in [9.17, 15) is 9.90 Å². The van der Waals surface area contributed by atoms with E-state index in [-0.39, 0.29) is 5.25 Å². The van der Waals surface area contributed by atoms with Gasteiger partial charge in [0, 0.05) is 19.3 Å². The Balaban J connectivity index is 1.99. The molecule has 0 amide bonds. The fraction of sp³-hybridized carbons (Fsp3) is 0.727. The Morgan fingerprint density at radius 2 is 2.32 bits per heavy atom. The highest BCUT2D eigenvalue weighted by molar-refractivity contribution is 8.01. The maximum Gasteiger partial charge on any atom is 0.323 e. The predicted molar refractivity (Wildman–Crippen MR) is 77.2 cm³/mol. The fourth-order valence-electron chi connectivity index (χ4n) is 2.20. The summed E-state index contributed by atoms with van der Waals surface area (Å²) in [6.07, 6.45) is 2.17. The van der Waals surface area contributed by atoms with E-state index in [1.54, 1.807) is 30.1 Å². The van der Waals surface area contributed by atoms with Gasteiger partial charge in [-0.1, -0.05) is 23.1 Å². The van der Waals surface area contributed by atoms with Gasteiger partial charge in [-0.15, -0.1) is 10.2 Å². The fourth-order valence-corrected chi connectivity index (χ4v) is 4.51. The Labute approximate surface area is 120 Å². The van der Waals surface area contributed by atoms with Gasteiger partial charge in [-0.05, 0) is 26.3 Å². The van der Waals surface area contributed by atoms with Crippen molar-refractivity contribution in [3.8, 4) is 0 Å². The first-order valence-electron chi connectivity index (χ1n) is 6.06. The van der Waals surface area contributed by atoms with Crippen LogP contribution in [0.1, 0.15) is 19.3 Å². The third kappa shape index (κ3) is 3.01. The molecule has 106 valence electrons. The number of likely N-dealkylation sites (N-methyl/N-ethyl adjacent to an activating group) is 1. The second kappa shape index (κ2) is 5.64. The minimum absolute atomic E-state index is 0.284. The molecule has 1 heterocycles. The number of hydrogen-bond donors (Lipinski definition) is 2. The number of aliphatic carboxylic acids is 1. The van der Waals surface area contributed by atoms with Crippen molar-refractivity contribution in [2.75, 3.05) is 26.0 Å². The van der Waals surface area contributed by atoms with Crippen molar-refractivity contribution in [3.05, 3.63) is 0 Å². The van der Waals surface area contributed by atoms with Crippen LogP contribution in [0.15, 0.2) is 4.34 Å². The van der Waals surface area contributed by atoms with Crippen LogP contribution >= 0.6 is 23.1 Å². The van der Waals surface area contributed by atoms with E-state index in [1.165, 1.54) is 0 Å². The van der Waals surface area contributed by atoms with Crippen LogP contribution in [0.5, 0.6) is 0 Å². The van der Waals surface area contributed by atoms with Crippen LogP contribution in [0.4, 0.5) is 5.13 Å². The highest BCUT2D eigenvalue weighted by Crippen LogP contribution is 2.41. The van der Waals surface area contributed by atoms with E-state index in [2.05, 4.69) is 15.5 Å². The lowest BCUT2D eigenvalue weighted by atomic mass is 9.99. The number of carboxylic acids is 1. The summed E-state index contributed by atoms with van der Waals surface area (Å²) in [6.45, 7) is 0. The second-order valence-electron chi connectivity index (χ2n) is 4.86. The number of carboxylic acid groups (broad SMARTS) is 1. The lowest BCUT2D eigenvalue weighted by Gasteiger charge is -2.23. The summed E-state index contributed by atoms with van der Waals surface area (Å²) >= 11 is 3.18. The molecule has 6 nitrogen and oxygen atoms in total. The van der Waals surface area contributed by atoms with Gasteiger partial charge < -0.3 is 15.3 Å². The van der Waals surface area contributed by atoms with Crippen LogP contribution in [0, 0.1) is 0 Å². The van der Waals surface area contributed by atoms with Crippen molar-refractivity contribution in [2.45, 2.75) is 34.4 Å². The van der Waals surface area contributed by atoms with Gasteiger partial charge >= 0.3 is 5.97 Å². The summed E-state index contributed by atoms with van der Waals surface area (Å²) in [7, 11) is 5.58. The normalized spacial score (nSPS) is 26.6. The number of carbonyl (C=O) groups is 1. The quantitative estimate of drug-likeness (QED) is 0.848. The van der Waals surface area contributed by atoms with Crippen LogP contribution in [-0.2, 0) is 4.79 Å². The molecule has 2 unspecified atom stereocenters. The molecular formula is C11H18N4O2S2. The number of thioether (sulfide) groups is 1. The zero-order valence-corrected chi connectivity index (χ0v) is 12.8. The largest absolute Gasteiger partial charge is 0.480 e. The van der Waals surface area contributed by atoms with E-state index in [1.807, 2.05) is 19.0 Å². The van der Waals surface area contributed by atoms with E-state index in [0.29, 0.717) is 12.8 Å². The molecule has 1 aliphatic rings. The van der Waals surface area contributed by atoms with Gasteiger partial charge in [0.25, 0.3) is 0 Å². The smallest absolute Gasteiger partial charge is 0.323 e. The van der Waals surface area contributed by atoms with E-state index < -0.39 is 11.5 Å². The zero-order valence-electron chi connectivity index (χ0n) is 11.2. The Morgan fingerprint density at radius 3 is 2.79 bits per heavy atom.